The summed E-state index contributed by atoms with van der Waals surface area (Å²) in [7, 11) is 3.58. The van der Waals surface area contributed by atoms with E-state index in [0.717, 1.165) is 30.7 Å². The molecule has 1 heterocycles. The fraction of sp³-hybridized carbons (Fsp3) is 0.579. The number of hydrogen-bond acceptors (Lipinski definition) is 3. The number of hydrogen-bond donors (Lipinski definition) is 1. The third-order valence-corrected chi connectivity index (χ3v) is 4.36. The van der Waals surface area contributed by atoms with Gasteiger partial charge in [-0.05, 0) is 30.5 Å². The summed E-state index contributed by atoms with van der Waals surface area (Å²) in [5, 5.41) is 2.94. The molecule has 2 rings (SSSR count). The van der Waals surface area contributed by atoms with Gasteiger partial charge in [0, 0.05) is 46.1 Å². The highest BCUT2D eigenvalue weighted by Gasteiger charge is 2.28. The number of likely N-dealkylation sites (tertiary alicyclic amines) is 1. The van der Waals surface area contributed by atoms with Crippen molar-refractivity contribution in [2.45, 2.75) is 26.2 Å². The number of carbonyl (C=O) groups is 2. The Hall–Kier alpha value is -2.24. The minimum absolute atomic E-state index is 0.0969. The molecule has 1 aliphatic rings. The Morgan fingerprint density at radius 1 is 1.44 bits per heavy atom. The molecule has 6 heteroatoms. The zero-order valence-electron chi connectivity index (χ0n) is 15.5. The molecule has 0 aromatic heterocycles. The smallest absolute Gasteiger partial charge is 0.317 e. The predicted octanol–water partition coefficient (Wildman–Crippen LogP) is 2.14. The molecule has 1 saturated heterocycles. The van der Waals surface area contributed by atoms with Crippen LogP contribution in [-0.4, -0.2) is 62.1 Å². The van der Waals surface area contributed by atoms with Crippen molar-refractivity contribution in [2.24, 2.45) is 5.92 Å². The Labute approximate surface area is 150 Å². The second-order valence-corrected chi connectivity index (χ2v) is 6.70. The minimum atomic E-state index is -0.0969. The summed E-state index contributed by atoms with van der Waals surface area (Å²) in [6.45, 7) is 4.69. The predicted molar refractivity (Wildman–Crippen MR) is 97.7 cm³/mol. The number of nitrogens with one attached hydrogen (secondary N) is 1. The first-order chi connectivity index (χ1) is 12.0. The van der Waals surface area contributed by atoms with Crippen molar-refractivity contribution in [3.8, 4) is 5.75 Å². The number of nitrogens with zero attached hydrogens (tertiary/aromatic N) is 2. The Bertz CT molecular complexity index is 591. The maximum absolute atomic E-state index is 12.2. The highest BCUT2D eigenvalue weighted by molar-refractivity contribution is 5.78. The third-order valence-electron chi connectivity index (χ3n) is 4.36. The van der Waals surface area contributed by atoms with Crippen molar-refractivity contribution in [3.63, 3.8) is 0 Å². The van der Waals surface area contributed by atoms with E-state index in [0.29, 0.717) is 26.1 Å². The Morgan fingerprint density at radius 3 is 2.92 bits per heavy atom. The Kier molecular flexibility index (Phi) is 7.10. The summed E-state index contributed by atoms with van der Waals surface area (Å²) in [5.41, 5.74) is 1.14. The lowest BCUT2D eigenvalue weighted by Crippen LogP contribution is -2.41. The van der Waals surface area contributed by atoms with Crippen molar-refractivity contribution in [1.82, 2.24) is 15.1 Å². The van der Waals surface area contributed by atoms with Crippen LogP contribution in [0.5, 0.6) is 5.75 Å². The average Bonchev–Trinajstić information content (AvgIpc) is 2.90. The van der Waals surface area contributed by atoms with Crippen molar-refractivity contribution in [3.05, 3.63) is 29.8 Å². The van der Waals surface area contributed by atoms with E-state index in [2.05, 4.69) is 12.2 Å². The van der Waals surface area contributed by atoms with Crippen LogP contribution < -0.4 is 10.1 Å². The van der Waals surface area contributed by atoms with E-state index in [4.69, 9.17) is 4.74 Å². The molecule has 1 aromatic carbocycles. The summed E-state index contributed by atoms with van der Waals surface area (Å²) < 4.78 is 5.63. The molecule has 0 bridgehead atoms. The standard InChI is InChI=1S/C19H29N3O3/c1-4-10-25-17-7-5-6-15(11-17)8-9-20-19(24)22(3)14-16-12-18(23)21(2)13-16/h5-7,11,16H,4,8-10,12-14H2,1-3H3,(H,20,24)/t16-/m0/s1. The first kappa shape index (κ1) is 19.1. The van der Waals surface area contributed by atoms with E-state index in [1.54, 1.807) is 23.9 Å². The van der Waals surface area contributed by atoms with E-state index in [9.17, 15) is 9.59 Å². The van der Waals surface area contributed by atoms with Gasteiger partial charge >= 0.3 is 6.03 Å². The Morgan fingerprint density at radius 2 is 2.24 bits per heavy atom. The van der Waals surface area contributed by atoms with E-state index < -0.39 is 0 Å². The van der Waals surface area contributed by atoms with E-state index in [1.165, 1.54) is 0 Å². The topological polar surface area (TPSA) is 61.9 Å². The van der Waals surface area contributed by atoms with Gasteiger partial charge in [0.25, 0.3) is 0 Å². The number of rotatable bonds is 8. The van der Waals surface area contributed by atoms with Crippen LogP contribution >= 0.6 is 0 Å². The number of ether oxygens (including phenoxy) is 1. The molecule has 138 valence electrons. The molecule has 1 fully saturated rings. The first-order valence-corrected chi connectivity index (χ1v) is 8.94. The van der Waals surface area contributed by atoms with Crippen LogP contribution in [0, 0.1) is 5.92 Å². The van der Waals surface area contributed by atoms with Gasteiger partial charge in [0.15, 0.2) is 0 Å². The van der Waals surface area contributed by atoms with Gasteiger partial charge in [-0.2, -0.15) is 0 Å². The molecule has 0 spiro atoms. The van der Waals surface area contributed by atoms with Crippen LogP contribution in [0.2, 0.25) is 0 Å². The average molecular weight is 347 g/mol. The Balaban J connectivity index is 1.72. The molecule has 0 unspecified atom stereocenters. The van der Waals surface area contributed by atoms with Crippen molar-refractivity contribution >= 4 is 11.9 Å². The van der Waals surface area contributed by atoms with Crippen molar-refractivity contribution < 1.29 is 14.3 Å². The molecule has 1 aromatic rings. The van der Waals surface area contributed by atoms with Crippen molar-refractivity contribution in [2.75, 3.05) is 40.3 Å². The zero-order valence-corrected chi connectivity index (χ0v) is 15.5. The number of benzene rings is 1. The number of carbonyl (C=O) groups excluding carboxylic acids is 2. The molecular formula is C19H29N3O3. The lowest BCUT2D eigenvalue weighted by Gasteiger charge is -2.21. The summed E-state index contributed by atoms with van der Waals surface area (Å²) in [6, 6.07) is 7.88. The number of amides is 3. The second-order valence-electron chi connectivity index (χ2n) is 6.70. The normalized spacial score (nSPS) is 16.8. The molecule has 0 radical (unpaired) electrons. The maximum atomic E-state index is 12.2. The third kappa shape index (κ3) is 5.96. The molecule has 1 atom stereocenters. The fourth-order valence-electron chi connectivity index (χ4n) is 3.01. The summed E-state index contributed by atoms with van der Waals surface area (Å²) in [6.07, 6.45) is 2.27. The molecule has 1 aliphatic heterocycles. The zero-order chi connectivity index (χ0) is 18.2. The quantitative estimate of drug-likeness (QED) is 0.784. The van der Waals surface area contributed by atoms with E-state index in [-0.39, 0.29) is 17.9 Å². The molecule has 0 saturated carbocycles. The summed E-state index contributed by atoms with van der Waals surface area (Å²) in [4.78, 5) is 27.1. The first-order valence-electron chi connectivity index (χ1n) is 8.94. The maximum Gasteiger partial charge on any atom is 0.317 e. The monoisotopic (exact) mass is 347 g/mol. The lowest BCUT2D eigenvalue weighted by molar-refractivity contribution is -0.126. The number of urea groups is 1. The van der Waals surface area contributed by atoms with Crippen LogP contribution in [0.4, 0.5) is 4.79 Å². The van der Waals surface area contributed by atoms with Gasteiger partial charge in [0.1, 0.15) is 5.75 Å². The molecule has 0 aliphatic carbocycles. The van der Waals surface area contributed by atoms with Gasteiger partial charge < -0.3 is 19.9 Å². The highest BCUT2D eigenvalue weighted by Crippen LogP contribution is 2.17. The van der Waals surface area contributed by atoms with Crippen LogP contribution in [0.25, 0.3) is 0 Å². The van der Waals surface area contributed by atoms with Crippen LogP contribution in [0.3, 0.4) is 0 Å². The molecular weight excluding hydrogens is 318 g/mol. The molecule has 25 heavy (non-hydrogen) atoms. The van der Waals surface area contributed by atoms with Gasteiger partial charge in [0.2, 0.25) is 5.91 Å². The van der Waals surface area contributed by atoms with Gasteiger partial charge in [-0.15, -0.1) is 0 Å². The summed E-state index contributed by atoms with van der Waals surface area (Å²) >= 11 is 0. The van der Waals surface area contributed by atoms with Crippen LogP contribution in [0.1, 0.15) is 25.3 Å². The molecule has 1 N–H and O–H groups in total. The lowest BCUT2D eigenvalue weighted by atomic mass is 10.1. The minimum Gasteiger partial charge on any atom is -0.494 e. The molecule has 6 nitrogen and oxygen atoms in total. The van der Waals surface area contributed by atoms with Crippen LogP contribution in [0.15, 0.2) is 24.3 Å². The SMILES string of the molecule is CCCOc1cccc(CCNC(=O)N(C)C[C@H]2CC(=O)N(C)C2)c1. The van der Waals surface area contributed by atoms with Gasteiger partial charge in [0.05, 0.1) is 6.61 Å². The molecule has 3 amide bonds. The largest absolute Gasteiger partial charge is 0.494 e. The fourth-order valence-corrected chi connectivity index (χ4v) is 3.01. The van der Waals surface area contributed by atoms with Gasteiger partial charge in [-0.25, -0.2) is 4.79 Å². The van der Waals surface area contributed by atoms with Crippen molar-refractivity contribution in [1.29, 1.82) is 0 Å². The van der Waals surface area contributed by atoms with Gasteiger partial charge in [-0.3, -0.25) is 4.79 Å². The van der Waals surface area contributed by atoms with Crippen LogP contribution in [-0.2, 0) is 11.2 Å². The second kappa shape index (κ2) is 9.30. The summed E-state index contributed by atoms with van der Waals surface area (Å²) in [5.74, 6) is 1.25. The van der Waals surface area contributed by atoms with E-state index >= 15 is 0 Å². The highest BCUT2D eigenvalue weighted by atomic mass is 16.5. The van der Waals surface area contributed by atoms with E-state index in [1.807, 2.05) is 24.3 Å². The van der Waals surface area contributed by atoms with Gasteiger partial charge in [-0.1, -0.05) is 19.1 Å².